The van der Waals surface area contributed by atoms with Crippen molar-refractivity contribution in [2.24, 2.45) is 0 Å². The van der Waals surface area contributed by atoms with Gasteiger partial charge in [-0.05, 0) is 82.2 Å². The van der Waals surface area contributed by atoms with Crippen molar-refractivity contribution in [1.29, 1.82) is 0 Å². The summed E-state index contributed by atoms with van der Waals surface area (Å²) in [7, 11) is 7.57. The fraction of sp³-hybridized carbons (Fsp3) is 0.733. The summed E-state index contributed by atoms with van der Waals surface area (Å²) in [6, 6.07) is 3.24. The average Bonchev–Trinajstić information content (AvgIpc) is 1.13. The highest BCUT2D eigenvalue weighted by molar-refractivity contribution is 6.31. The molecule has 0 aromatic heterocycles. The number of ketones is 4. The molecule has 462 valence electrons. The third-order valence-electron chi connectivity index (χ3n) is 19.1. The number of rotatable bonds is 11. The summed E-state index contributed by atoms with van der Waals surface area (Å²) in [6.45, 7) is 12.6. The number of Topliss-reactive ketones (excluding diaryl/α,β-unsaturated/α-hetero) is 2. The number of ether oxygens (including phenoxy) is 14. The van der Waals surface area contributed by atoms with Crippen molar-refractivity contribution < 1.29 is 106 Å². The summed E-state index contributed by atoms with van der Waals surface area (Å²) in [5.74, 6) is -3.77. The van der Waals surface area contributed by atoms with Gasteiger partial charge in [-0.25, -0.2) is 0 Å². The predicted molar refractivity (Wildman–Crippen MR) is 288 cm³/mol. The number of carbonyl (C=O) groups is 4. The number of benzene rings is 2. The zero-order valence-corrected chi connectivity index (χ0v) is 49.3. The molecule has 24 heteroatoms. The smallest absolute Gasteiger partial charge is 0.202 e. The Morgan fingerprint density at radius 1 is 0.536 bits per heavy atom. The van der Waals surface area contributed by atoms with E-state index in [1.807, 2.05) is 65.7 Å². The molecule has 12 rings (SSSR count). The van der Waals surface area contributed by atoms with Crippen LogP contribution < -0.4 is 0 Å². The molecule has 0 spiro atoms. The third kappa shape index (κ3) is 10.6. The van der Waals surface area contributed by atoms with Gasteiger partial charge in [0.15, 0.2) is 55.1 Å². The second-order valence-corrected chi connectivity index (χ2v) is 25.0. The highest BCUT2D eigenvalue weighted by Crippen LogP contribution is 2.58. The second kappa shape index (κ2) is 23.1. The molecule has 8 saturated heterocycles. The van der Waals surface area contributed by atoms with E-state index in [2.05, 4.69) is 0 Å². The van der Waals surface area contributed by atoms with Gasteiger partial charge in [-0.3, -0.25) is 19.2 Å². The molecule has 0 amide bonds. The molecular weight excluding hydrogens is 1100 g/mol. The van der Waals surface area contributed by atoms with Gasteiger partial charge in [0.2, 0.25) is 5.78 Å². The summed E-state index contributed by atoms with van der Waals surface area (Å²) in [5, 5.41) is 49.5. The zero-order chi connectivity index (χ0) is 59.7. The van der Waals surface area contributed by atoms with Crippen LogP contribution >= 0.6 is 0 Å². The Bertz CT molecular complexity index is 2870. The van der Waals surface area contributed by atoms with Gasteiger partial charge in [-0.1, -0.05) is 19.1 Å². The Labute approximate surface area is 487 Å². The van der Waals surface area contributed by atoms with E-state index in [4.69, 9.17) is 66.3 Å². The van der Waals surface area contributed by atoms with Gasteiger partial charge in [0.25, 0.3) is 0 Å². The van der Waals surface area contributed by atoms with Crippen molar-refractivity contribution in [2.45, 2.75) is 253 Å². The minimum absolute atomic E-state index is 0.00740. The quantitative estimate of drug-likeness (QED) is 0.196. The summed E-state index contributed by atoms with van der Waals surface area (Å²) in [5.41, 5.74) is -3.78. The van der Waals surface area contributed by atoms with Crippen molar-refractivity contribution in [3.63, 3.8) is 0 Å². The molecule has 2 aromatic rings. The molecule has 8 heterocycles. The van der Waals surface area contributed by atoms with Gasteiger partial charge < -0.3 is 96.5 Å². The van der Waals surface area contributed by atoms with Gasteiger partial charge >= 0.3 is 0 Å². The molecule has 2 aromatic carbocycles. The van der Waals surface area contributed by atoms with Crippen molar-refractivity contribution in [3.05, 3.63) is 51.6 Å². The number of hydrogen-bond donors (Lipinski definition) is 4. The number of nitrogens with zero attached hydrogens (tertiary/aromatic N) is 2. The zero-order valence-electron chi connectivity index (χ0n) is 49.3. The van der Waals surface area contributed by atoms with E-state index in [-0.39, 0.29) is 78.4 Å². The van der Waals surface area contributed by atoms with Crippen LogP contribution in [0.4, 0.5) is 0 Å². The van der Waals surface area contributed by atoms with Crippen molar-refractivity contribution in [2.75, 3.05) is 28.2 Å². The van der Waals surface area contributed by atoms with Crippen LogP contribution in [-0.4, -0.2) is 222 Å². The van der Waals surface area contributed by atoms with Crippen LogP contribution in [0.2, 0.25) is 0 Å². The molecule has 10 aliphatic rings. The van der Waals surface area contributed by atoms with Gasteiger partial charge in [-0.2, -0.15) is 0 Å². The monoisotopic (exact) mass is 1180 g/mol. The normalized spacial score (nSPS) is 43.9. The van der Waals surface area contributed by atoms with Crippen LogP contribution in [0.5, 0.6) is 17.2 Å². The number of hydrogen-bond acceptors (Lipinski definition) is 24. The van der Waals surface area contributed by atoms with E-state index in [1.165, 1.54) is 18.2 Å². The lowest BCUT2D eigenvalue weighted by Crippen LogP contribution is -2.62. The number of fused-ring (bicyclic) bond motifs is 7. The molecule has 0 bridgehead atoms. The predicted octanol–water partition coefficient (Wildman–Crippen LogP) is 4.12. The molecule has 24 nitrogen and oxygen atoms in total. The highest BCUT2D eigenvalue weighted by atomic mass is 16.8. The molecule has 8 fully saturated rings. The fourth-order valence-corrected chi connectivity index (χ4v) is 14.5. The first-order valence-corrected chi connectivity index (χ1v) is 29.7. The van der Waals surface area contributed by atoms with E-state index >= 15 is 0 Å². The minimum atomic E-state index is -1.89. The number of phenolic OH excluding ortho intramolecular Hbond substituents is 3. The molecule has 0 saturated carbocycles. The number of aliphatic hydroxyl groups is 1. The molecule has 25 unspecified atom stereocenters. The van der Waals surface area contributed by atoms with Crippen molar-refractivity contribution in [3.8, 4) is 17.2 Å². The second-order valence-electron chi connectivity index (χ2n) is 25.0. The number of aromatic hydroxyl groups is 3. The topological polar surface area (TPSA) is 285 Å². The van der Waals surface area contributed by atoms with E-state index < -0.39 is 187 Å². The fourth-order valence-electron chi connectivity index (χ4n) is 14.5. The number of carbonyl (C=O) groups excluding carboxylic acids is 4. The minimum Gasteiger partial charge on any atom is -0.507 e. The summed E-state index contributed by atoms with van der Waals surface area (Å²) in [6.07, 6.45) is -14.3. The highest BCUT2D eigenvalue weighted by Gasteiger charge is 2.57. The molecule has 8 aliphatic heterocycles. The molecule has 4 N–H and O–H groups in total. The van der Waals surface area contributed by atoms with Crippen LogP contribution in [0.3, 0.4) is 0 Å². The van der Waals surface area contributed by atoms with Gasteiger partial charge in [0, 0.05) is 73.7 Å². The average molecular weight is 1180 g/mol. The maximum atomic E-state index is 14.6. The van der Waals surface area contributed by atoms with Crippen LogP contribution in [0, 0.1) is 0 Å². The lowest BCUT2D eigenvalue weighted by atomic mass is 9.70. The summed E-state index contributed by atoms with van der Waals surface area (Å²) in [4.78, 5) is 58.2. The first kappa shape index (κ1) is 60.1. The maximum Gasteiger partial charge on any atom is 0.202 e. The van der Waals surface area contributed by atoms with Crippen LogP contribution in [0.25, 0.3) is 0 Å². The van der Waals surface area contributed by atoms with E-state index in [9.17, 15) is 39.6 Å². The maximum absolute atomic E-state index is 14.6. The van der Waals surface area contributed by atoms with Crippen molar-refractivity contribution in [1.82, 2.24) is 9.80 Å². The molecule has 25 atom stereocenters. The molecule has 0 radical (unpaired) electrons. The largest absolute Gasteiger partial charge is 0.507 e. The summed E-state index contributed by atoms with van der Waals surface area (Å²) < 4.78 is 90.6. The Kier molecular flexibility index (Phi) is 16.5. The summed E-state index contributed by atoms with van der Waals surface area (Å²) >= 11 is 0. The van der Waals surface area contributed by atoms with E-state index in [1.54, 1.807) is 20.8 Å². The molecule has 2 aliphatic carbocycles. The lowest BCUT2D eigenvalue weighted by molar-refractivity contribution is -0.372. The van der Waals surface area contributed by atoms with Crippen molar-refractivity contribution >= 4 is 23.1 Å². The first-order chi connectivity index (χ1) is 39.9. The standard InChI is InChI=1S/C60H80N2O22/c1-12-60(70)22-39(79-40-16-30(61(8)9)53(25(4)71-40)80-42-20-35-55(27(6)73-42)83-58-37(77-35)18-33(64)23(2)75-58)45-48(52(69)46-47(51(45)68)50(67)44-29(49(46)66)14-13-15-32(44)63)57(60)82-41-17-31(62(10)11)54(26(5)72-41)81-43-21-36-56(28(7)74-43)84-59-38(78-36)19-34(65)24(3)76-59/h13-15,23-28,30-31,35-43,53-59,63,68-70H,12,16-22H2,1-11H3. The number of phenols is 3. The van der Waals surface area contributed by atoms with Crippen LogP contribution in [0.15, 0.2) is 18.2 Å². The lowest BCUT2D eigenvalue weighted by Gasteiger charge is -2.51. The molecular formula is C60H80N2O22. The Morgan fingerprint density at radius 3 is 1.50 bits per heavy atom. The third-order valence-corrected chi connectivity index (χ3v) is 19.1. The van der Waals surface area contributed by atoms with E-state index in [0.717, 1.165) is 0 Å². The SMILES string of the molecule is CCC1(O)CC(OC2CC(N(C)C)C(OC3CC4OC5CC(=O)C(C)OC5OC4C(C)O3)C(C)O2)c2c(O)c3c(c(O)c2C1OC1CC(N(C)C)C(OC2CC4OC5CC(=O)C(C)OC5OC4C(C)O2)C(C)O1)C(=O)c1cccc(O)c1C3=O. The van der Waals surface area contributed by atoms with Crippen LogP contribution in [-0.2, 0) is 75.9 Å². The molecule has 84 heavy (non-hydrogen) atoms. The number of likely N-dealkylation sites (N-methyl/N-ethyl adjacent to an activating group) is 2. The Hall–Kier alpha value is -4.16. The van der Waals surface area contributed by atoms with Gasteiger partial charge in [-0.15, -0.1) is 0 Å². The van der Waals surface area contributed by atoms with E-state index in [0.29, 0.717) is 12.8 Å². The van der Waals surface area contributed by atoms with Crippen LogP contribution in [0.1, 0.15) is 155 Å². The Balaban J connectivity index is 0.806. The van der Waals surface area contributed by atoms with Gasteiger partial charge in [0.05, 0.1) is 65.0 Å². The first-order valence-electron chi connectivity index (χ1n) is 29.7. The Morgan fingerprint density at radius 2 is 1.00 bits per heavy atom. The van der Waals surface area contributed by atoms with Gasteiger partial charge in [0.1, 0.15) is 72.2 Å².